The Morgan fingerprint density at radius 2 is 2.00 bits per heavy atom. The van der Waals surface area contributed by atoms with E-state index < -0.39 is 10.0 Å². The largest absolute Gasteiger partial charge is 0.318 e. The first-order chi connectivity index (χ1) is 9.53. The number of hydrogen-bond donors (Lipinski definition) is 2. The molecule has 0 saturated carbocycles. The van der Waals surface area contributed by atoms with E-state index in [0.29, 0.717) is 19.6 Å². The second-order valence-corrected chi connectivity index (χ2v) is 6.23. The second-order valence-electron chi connectivity index (χ2n) is 4.47. The van der Waals surface area contributed by atoms with Crippen molar-refractivity contribution < 1.29 is 8.42 Å². The van der Waals surface area contributed by atoms with Crippen LogP contribution in [0.25, 0.3) is 0 Å². The van der Waals surface area contributed by atoms with Gasteiger partial charge in [-0.3, -0.25) is 4.68 Å². The van der Waals surface area contributed by atoms with Crippen LogP contribution in [0.5, 0.6) is 0 Å². The second kappa shape index (κ2) is 8.35. The van der Waals surface area contributed by atoms with Crippen LogP contribution in [-0.2, 0) is 16.6 Å². The van der Waals surface area contributed by atoms with Crippen molar-refractivity contribution in [3.8, 4) is 0 Å². The van der Waals surface area contributed by atoms with E-state index in [1.54, 1.807) is 10.9 Å². The Kier molecular flexibility index (Phi) is 7.14. The average Bonchev–Trinajstić information content (AvgIpc) is 2.91. The smallest absolute Gasteiger partial charge is 0.243 e. The predicted octanol–water partition coefficient (Wildman–Crippen LogP) is -0.277. The Balaban J connectivity index is 2.53. The SMILES string of the molecule is CCN(CC)CCNS(=O)(=O)c1cnn(CCNC)c1. The van der Waals surface area contributed by atoms with Crippen LogP contribution in [0.2, 0.25) is 0 Å². The highest BCUT2D eigenvalue weighted by Gasteiger charge is 2.16. The zero-order valence-corrected chi connectivity index (χ0v) is 13.3. The van der Waals surface area contributed by atoms with Crippen LogP contribution in [0.4, 0.5) is 0 Å². The van der Waals surface area contributed by atoms with Gasteiger partial charge >= 0.3 is 0 Å². The van der Waals surface area contributed by atoms with Crippen molar-refractivity contribution in [3.63, 3.8) is 0 Å². The first-order valence-electron chi connectivity index (χ1n) is 6.92. The molecule has 0 aliphatic rings. The van der Waals surface area contributed by atoms with E-state index in [1.165, 1.54) is 6.20 Å². The molecule has 0 amide bonds. The molecule has 0 spiro atoms. The number of sulfonamides is 1. The van der Waals surface area contributed by atoms with Crippen LogP contribution in [0.1, 0.15) is 13.8 Å². The predicted molar refractivity (Wildman–Crippen MR) is 79.1 cm³/mol. The summed E-state index contributed by atoms with van der Waals surface area (Å²) in [5.74, 6) is 0. The number of nitrogens with one attached hydrogen (secondary N) is 2. The van der Waals surface area contributed by atoms with Crippen molar-refractivity contribution in [3.05, 3.63) is 12.4 Å². The van der Waals surface area contributed by atoms with Crippen molar-refractivity contribution in [2.24, 2.45) is 0 Å². The molecule has 116 valence electrons. The number of nitrogens with zero attached hydrogens (tertiary/aromatic N) is 3. The van der Waals surface area contributed by atoms with E-state index >= 15 is 0 Å². The molecule has 20 heavy (non-hydrogen) atoms. The molecule has 7 nitrogen and oxygen atoms in total. The number of likely N-dealkylation sites (N-methyl/N-ethyl adjacent to an activating group) is 2. The maximum absolute atomic E-state index is 12.1. The van der Waals surface area contributed by atoms with Crippen LogP contribution >= 0.6 is 0 Å². The van der Waals surface area contributed by atoms with Gasteiger partial charge in [-0.25, -0.2) is 13.1 Å². The highest BCUT2D eigenvalue weighted by atomic mass is 32.2. The van der Waals surface area contributed by atoms with E-state index in [9.17, 15) is 8.42 Å². The lowest BCUT2D eigenvalue weighted by atomic mass is 10.5. The van der Waals surface area contributed by atoms with Gasteiger partial charge in [0.2, 0.25) is 10.0 Å². The first kappa shape index (κ1) is 17.1. The van der Waals surface area contributed by atoms with Crippen LogP contribution in [0.15, 0.2) is 17.3 Å². The van der Waals surface area contributed by atoms with Gasteiger partial charge < -0.3 is 10.2 Å². The molecule has 8 heteroatoms. The normalized spacial score (nSPS) is 12.2. The molecule has 0 fully saturated rings. The molecular weight excluding hydrogens is 278 g/mol. The summed E-state index contributed by atoms with van der Waals surface area (Å²) in [6.45, 7) is 8.46. The highest BCUT2D eigenvalue weighted by molar-refractivity contribution is 7.89. The summed E-state index contributed by atoms with van der Waals surface area (Å²) in [5.41, 5.74) is 0. The van der Waals surface area contributed by atoms with Gasteiger partial charge in [0, 0.05) is 25.8 Å². The highest BCUT2D eigenvalue weighted by Crippen LogP contribution is 2.06. The molecule has 1 aromatic rings. The maximum Gasteiger partial charge on any atom is 0.243 e. The summed E-state index contributed by atoms with van der Waals surface area (Å²) in [5, 5.41) is 7.03. The van der Waals surface area contributed by atoms with E-state index in [4.69, 9.17) is 0 Å². The zero-order chi connectivity index (χ0) is 15.0. The molecule has 1 heterocycles. The Labute approximate surface area is 121 Å². The molecule has 0 bridgehead atoms. The summed E-state index contributed by atoms with van der Waals surface area (Å²) in [7, 11) is -1.61. The van der Waals surface area contributed by atoms with E-state index in [1.807, 2.05) is 7.05 Å². The Hall–Kier alpha value is -0.960. The van der Waals surface area contributed by atoms with Gasteiger partial charge in [0.05, 0.1) is 12.7 Å². The van der Waals surface area contributed by atoms with Crippen LogP contribution in [0.3, 0.4) is 0 Å². The van der Waals surface area contributed by atoms with E-state index in [0.717, 1.165) is 19.6 Å². The quantitative estimate of drug-likeness (QED) is 0.622. The minimum absolute atomic E-state index is 0.216. The van der Waals surface area contributed by atoms with Crippen molar-refractivity contribution in [2.45, 2.75) is 25.3 Å². The van der Waals surface area contributed by atoms with Gasteiger partial charge in [-0.05, 0) is 20.1 Å². The van der Waals surface area contributed by atoms with Crippen LogP contribution in [-0.4, -0.2) is 62.9 Å². The Morgan fingerprint density at radius 3 is 2.60 bits per heavy atom. The van der Waals surface area contributed by atoms with Gasteiger partial charge in [0.1, 0.15) is 4.90 Å². The number of hydrogen-bond acceptors (Lipinski definition) is 5. The van der Waals surface area contributed by atoms with Gasteiger partial charge in [0.15, 0.2) is 0 Å². The molecule has 2 N–H and O–H groups in total. The lowest BCUT2D eigenvalue weighted by Gasteiger charge is -2.17. The van der Waals surface area contributed by atoms with E-state index in [2.05, 4.69) is 33.9 Å². The minimum Gasteiger partial charge on any atom is -0.318 e. The fourth-order valence-electron chi connectivity index (χ4n) is 1.79. The van der Waals surface area contributed by atoms with Gasteiger partial charge in [-0.1, -0.05) is 13.8 Å². The topological polar surface area (TPSA) is 79.3 Å². The van der Waals surface area contributed by atoms with Gasteiger partial charge in [-0.2, -0.15) is 5.10 Å². The lowest BCUT2D eigenvalue weighted by Crippen LogP contribution is -2.34. The van der Waals surface area contributed by atoms with Gasteiger partial charge in [0.25, 0.3) is 0 Å². The Morgan fingerprint density at radius 1 is 1.30 bits per heavy atom. The molecule has 0 radical (unpaired) electrons. The average molecular weight is 303 g/mol. The number of aromatic nitrogens is 2. The minimum atomic E-state index is -3.46. The molecular formula is C12H25N5O2S. The molecule has 0 saturated heterocycles. The van der Waals surface area contributed by atoms with Crippen LogP contribution in [0, 0.1) is 0 Å². The van der Waals surface area contributed by atoms with Crippen LogP contribution < -0.4 is 10.0 Å². The third-order valence-corrected chi connectivity index (χ3v) is 4.54. The molecule has 0 unspecified atom stereocenters. The fraction of sp³-hybridized carbons (Fsp3) is 0.750. The third-order valence-electron chi connectivity index (χ3n) is 3.13. The monoisotopic (exact) mass is 303 g/mol. The van der Waals surface area contributed by atoms with Crippen molar-refractivity contribution in [1.29, 1.82) is 0 Å². The molecule has 0 aliphatic carbocycles. The van der Waals surface area contributed by atoms with Crippen molar-refractivity contribution in [1.82, 2.24) is 24.7 Å². The summed E-state index contributed by atoms with van der Waals surface area (Å²) in [6.07, 6.45) is 2.94. The van der Waals surface area contributed by atoms with E-state index in [-0.39, 0.29) is 4.90 Å². The van der Waals surface area contributed by atoms with Crippen molar-refractivity contribution in [2.75, 3.05) is 39.8 Å². The molecule has 0 atom stereocenters. The number of rotatable bonds is 10. The van der Waals surface area contributed by atoms with Crippen molar-refractivity contribution >= 4 is 10.0 Å². The maximum atomic E-state index is 12.1. The first-order valence-corrected chi connectivity index (χ1v) is 8.40. The fourth-order valence-corrected chi connectivity index (χ4v) is 2.77. The Bertz CT molecular complexity index is 482. The summed E-state index contributed by atoms with van der Waals surface area (Å²) >= 11 is 0. The zero-order valence-electron chi connectivity index (χ0n) is 12.5. The molecule has 0 aromatic carbocycles. The molecule has 0 aliphatic heterocycles. The van der Waals surface area contributed by atoms with Gasteiger partial charge in [-0.15, -0.1) is 0 Å². The molecule has 1 rings (SSSR count). The standard InChI is InChI=1S/C12H25N5O2S/c1-4-16(5-2)8-7-15-20(18,19)12-10-14-17(11-12)9-6-13-3/h10-11,13,15H,4-9H2,1-3H3. The summed E-state index contributed by atoms with van der Waals surface area (Å²) in [4.78, 5) is 2.38. The summed E-state index contributed by atoms with van der Waals surface area (Å²) < 4.78 is 28.4. The third kappa shape index (κ3) is 5.20. The lowest BCUT2D eigenvalue weighted by molar-refractivity contribution is 0.309. The summed E-state index contributed by atoms with van der Waals surface area (Å²) in [6, 6.07) is 0. The molecule has 1 aromatic heterocycles.